The van der Waals surface area contributed by atoms with Crippen LogP contribution in [0.25, 0.3) is 11.2 Å². The Morgan fingerprint density at radius 1 is 1.17 bits per heavy atom. The third-order valence-corrected chi connectivity index (χ3v) is 7.39. The summed E-state index contributed by atoms with van der Waals surface area (Å²) in [6.45, 7) is -2.79. The molecule has 4 rings (SSSR count). The molecule has 228 valence electrons. The van der Waals surface area contributed by atoms with E-state index in [0.29, 0.717) is 11.3 Å². The maximum absolute atomic E-state index is 12.4. The Morgan fingerprint density at radius 2 is 1.83 bits per heavy atom. The van der Waals surface area contributed by atoms with Crippen molar-refractivity contribution >= 4 is 48.5 Å². The van der Waals surface area contributed by atoms with Gasteiger partial charge in [-0.2, -0.15) is 9.97 Å². The van der Waals surface area contributed by atoms with Gasteiger partial charge in [-0.1, -0.05) is 12.8 Å². The van der Waals surface area contributed by atoms with E-state index in [4.69, 9.17) is 21.1 Å². The molecular formula is C21H29ClN5O13P. The standard InChI is InChI=1S/C21H29ClN5O13P/c1-34-19(30)38-21(39-20(31)35-2)40-41(32,33)9-36-7-11-13(28)14(29)17(37-11)27-8-23-12-15(24-10-5-3-4-6-10)25-18(22)26-16(12)27/h8,10-11,13-14,17,21,28-29H,3-7,9H2,1-2H3,(H,32,33)(H,24,25,26)/t11-,13-,14-,17-/m1/s1. The van der Waals surface area contributed by atoms with Gasteiger partial charge in [-0.3, -0.25) is 9.13 Å². The molecule has 0 amide bonds. The Hall–Kier alpha value is -2.83. The van der Waals surface area contributed by atoms with Gasteiger partial charge in [0.05, 0.1) is 27.2 Å². The lowest BCUT2D eigenvalue weighted by Gasteiger charge is -2.20. The normalized spacial score (nSPS) is 24.4. The number of aliphatic hydroxyl groups excluding tert-OH is 2. The number of carbonyl (C=O) groups is 2. The van der Waals surface area contributed by atoms with Crippen LogP contribution in [-0.4, -0.2) is 105 Å². The van der Waals surface area contributed by atoms with Crippen LogP contribution in [0.15, 0.2) is 6.33 Å². The fraction of sp³-hybridized carbons (Fsp3) is 0.667. The average Bonchev–Trinajstić information content (AvgIpc) is 3.64. The molecule has 1 saturated carbocycles. The number of ether oxygens (including phenoxy) is 6. The van der Waals surface area contributed by atoms with Crippen molar-refractivity contribution < 1.29 is 62.2 Å². The van der Waals surface area contributed by atoms with Crippen LogP contribution in [0.4, 0.5) is 15.4 Å². The lowest BCUT2D eigenvalue weighted by atomic mass is 10.1. The first-order chi connectivity index (χ1) is 19.5. The number of carbonyl (C=O) groups excluding carboxylic acids is 2. The molecule has 20 heteroatoms. The number of aromatic nitrogens is 4. The molecule has 18 nitrogen and oxygen atoms in total. The Bertz CT molecular complexity index is 1260. The zero-order chi connectivity index (χ0) is 29.7. The highest BCUT2D eigenvalue weighted by atomic mass is 35.5. The largest absolute Gasteiger partial charge is 0.512 e. The minimum Gasteiger partial charge on any atom is -0.437 e. The van der Waals surface area contributed by atoms with Crippen LogP contribution in [0.5, 0.6) is 0 Å². The molecule has 1 aliphatic carbocycles. The number of aliphatic hydroxyl groups is 2. The van der Waals surface area contributed by atoms with Crippen molar-refractivity contribution in [2.24, 2.45) is 0 Å². The van der Waals surface area contributed by atoms with Gasteiger partial charge in [0.2, 0.25) is 5.28 Å². The SMILES string of the molecule is COC(=O)OC(OC(=O)OC)OP(=O)(O)COC[C@H]1O[C@@H](n2cnc3c(NC4CCCC4)nc(Cl)nc32)[C@H](O)[C@@H]1O. The van der Waals surface area contributed by atoms with Crippen LogP contribution in [-0.2, 0) is 37.5 Å². The Kier molecular flexibility index (Phi) is 10.2. The molecule has 4 N–H and O–H groups in total. The third-order valence-electron chi connectivity index (χ3n) is 6.21. The number of halogens is 1. The van der Waals surface area contributed by atoms with E-state index in [1.54, 1.807) is 0 Å². The van der Waals surface area contributed by atoms with Gasteiger partial charge in [0.1, 0.15) is 24.7 Å². The monoisotopic (exact) mass is 625 g/mol. The van der Waals surface area contributed by atoms with Crippen LogP contribution in [0.3, 0.4) is 0 Å². The molecule has 3 heterocycles. The van der Waals surface area contributed by atoms with Crippen LogP contribution in [0.2, 0.25) is 5.28 Å². The van der Waals surface area contributed by atoms with E-state index >= 15 is 0 Å². The van der Waals surface area contributed by atoms with Crippen molar-refractivity contribution in [1.82, 2.24) is 19.5 Å². The minimum atomic E-state index is -4.74. The van der Waals surface area contributed by atoms with Gasteiger partial charge in [0.15, 0.2) is 23.2 Å². The second kappa shape index (κ2) is 13.4. The van der Waals surface area contributed by atoms with Crippen LogP contribution >= 0.6 is 19.2 Å². The lowest BCUT2D eigenvalue weighted by Crippen LogP contribution is -2.34. The molecule has 1 unspecified atom stereocenters. The first-order valence-electron chi connectivity index (χ1n) is 12.3. The fourth-order valence-electron chi connectivity index (χ4n) is 4.31. The molecule has 0 aromatic carbocycles. The van der Waals surface area contributed by atoms with Crippen molar-refractivity contribution in [3.05, 3.63) is 11.6 Å². The number of imidazole rings is 1. The third kappa shape index (κ3) is 7.72. The van der Waals surface area contributed by atoms with Gasteiger partial charge < -0.3 is 48.8 Å². The zero-order valence-electron chi connectivity index (χ0n) is 21.8. The Labute approximate surface area is 237 Å². The summed E-state index contributed by atoms with van der Waals surface area (Å²) in [4.78, 5) is 45.5. The first kappa shape index (κ1) is 31.1. The van der Waals surface area contributed by atoms with E-state index < -0.39 is 63.9 Å². The van der Waals surface area contributed by atoms with Crippen molar-refractivity contribution in [3.63, 3.8) is 0 Å². The number of hydrogen-bond donors (Lipinski definition) is 4. The smallest absolute Gasteiger partial charge is 0.437 e. The molecular weight excluding hydrogens is 597 g/mol. The van der Waals surface area contributed by atoms with Crippen molar-refractivity contribution in [3.8, 4) is 0 Å². The average molecular weight is 626 g/mol. The zero-order valence-corrected chi connectivity index (χ0v) is 23.5. The van der Waals surface area contributed by atoms with Gasteiger partial charge in [-0.05, 0) is 24.4 Å². The number of methoxy groups -OCH3 is 2. The molecule has 5 atom stereocenters. The summed E-state index contributed by atoms with van der Waals surface area (Å²) in [5, 5.41) is 24.5. The number of anilines is 1. The Morgan fingerprint density at radius 3 is 2.46 bits per heavy atom. The van der Waals surface area contributed by atoms with Gasteiger partial charge in [-0.25, -0.2) is 19.1 Å². The minimum absolute atomic E-state index is 0.0583. The highest BCUT2D eigenvalue weighted by Gasteiger charge is 2.45. The van der Waals surface area contributed by atoms with Crippen LogP contribution in [0.1, 0.15) is 31.9 Å². The van der Waals surface area contributed by atoms with E-state index in [-0.39, 0.29) is 17.0 Å². The molecule has 1 aliphatic heterocycles. The predicted octanol–water partition coefficient (Wildman–Crippen LogP) is 1.48. The van der Waals surface area contributed by atoms with E-state index in [2.05, 4.69) is 43.7 Å². The fourth-order valence-corrected chi connectivity index (χ4v) is 5.22. The summed E-state index contributed by atoms with van der Waals surface area (Å²) in [6, 6.07) is 0.215. The van der Waals surface area contributed by atoms with Crippen molar-refractivity contribution in [2.75, 3.05) is 32.5 Å². The van der Waals surface area contributed by atoms with E-state index in [1.165, 1.54) is 10.9 Å². The molecule has 41 heavy (non-hydrogen) atoms. The molecule has 2 aromatic heterocycles. The van der Waals surface area contributed by atoms with Gasteiger partial charge >= 0.3 is 26.4 Å². The maximum Gasteiger partial charge on any atom is 0.512 e. The summed E-state index contributed by atoms with van der Waals surface area (Å²) in [5.74, 6) is 0.433. The summed E-state index contributed by atoms with van der Waals surface area (Å²) < 4.78 is 46.7. The maximum atomic E-state index is 12.4. The second-order valence-electron chi connectivity index (χ2n) is 9.01. The van der Waals surface area contributed by atoms with Crippen molar-refractivity contribution in [1.29, 1.82) is 0 Å². The lowest BCUT2D eigenvalue weighted by molar-refractivity contribution is -0.203. The molecule has 2 aromatic rings. The van der Waals surface area contributed by atoms with Crippen molar-refractivity contribution in [2.45, 2.75) is 62.7 Å². The summed E-state index contributed by atoms with van der Waals surface area (Å²) in [6.07, 6.45) is -3.58. The summed E-state index contributed by atoms with van der Waals surface area (Å²) in [5.41, 5.74) is 0.640. The molecule has 0 radical (unpaired) electrons. The van der Waals surface area contributed by atoms with Gasteiger partial charge in [-0.15, -0.1) is 0 Å². The van der Waals surface area contributed by atoms with Crippen LogP contribution in [0, 0.1) is 0 Å². The molecule has 1 saturated heterocycles. The highest BCUT2D eigenvalue weighted by Crippen LogP contribution is 2.44. The van der Waals surface area contributed by atoms with E-state index in [0.717, 1.165) is 39.9 Å². The topological polar surface area (TPSA) is 232 Å². The Balaban J connectivity index is 1.39. The van der Waals surface area contributed by atoms with E-state index in [1.807, 2.05) is 0 Å². The highest BCUT2D eigenvalue weighted by molar-refractivity contribution is 7.52. The second-order valence-corrected chi connectivity index (χ2v) is 11.1. The quantitative estimate of drug-likeness (QED) is 0.120. The molecule has 2 fully saturated rings. The number of rotatable bonds is 11. The number of fused-ring (bicyclic) bond motifs is 1. The molecule has 0 bridgehead atoms. The summed E-state index contributed by atoms with van der Waals surface area (Å²) in [7, 11) is -2.86. The number of nitrogens with one attached hydrogen (secondary N) is 1. The first-order valence-corrected chi connectivity index (χ1v) is 14.4. The van der Waals surface area contributed by atoms with Gasteiger partial charge in [0, 0.05) is 6.04 Å². The molecule has 0 spiro atoms. The predicted molar refractivity (Wildman–Crippen MR) is 135 cm³/mol. The number of nitrogens with zero attached hydrogens (tertiary/aromatic N) is 4. The summed E-state index contributed by atoms with van der Waals surface area (Å²) >= 11 is 6.15. The molecule has 2 aliphatic rings. The van der Waals surface area contributed by atoms with Crippen LogP contribution < -0.4 is 5.32 Å². The number of hydrogen-bond acceptors (Lipinski definition) is 16. The van der Waals surface area contributed by atoms with Gasteiger partial charge in [0.25, 0.3) is 0 Å². The van der Waals surface area contributed by atoms with E-state index in [9.17, 15) is 29.3 Å².